The predicted molar refractivity (Wildman–Crippen MR) is 68.7 cm³/mol. The summed E-state index contributed by atoms with van der Waals surface area (Å²) in [5.74, 6) is -1.58. The fourth-order valence-electron chi connectivity index (χ4n) is 2.31. The molecule has 1 aliphatic rings. The summed E-state index contributed by atoms with van der Waals surface area (Å²) in [6.07, 6.45) is 0.704. The van der Waals surface area contributed by atoms with Gasteiger partial charge < -0.3 is 14.7 Å². The van der Waals surface area contributed by atoms with Gasteiger partial charge in [-0.3, -0.25) is 0 Å². The van der Waals surface area contributed by atoms with Gasteiger partial charge in [-0.2, -0.15) is 5.06 Å². The number of hydrogen-bond acceptors (Lipinski definition) is 6. The van der Waals surface area contributed by atoms with Crippen LogP contribution in [0.5, 0.6) is 0 Å². The highest BCUT2D eigenvalue weighted by Crippen LogP contribution is 2.30. The van der Waals surface area contributed by atoms with Gasteiger partial charge in [0.25, 0.3) is 0 Å². The van der Waals surface area contributed by atoms with Crippen molar-refractivity contribution in [3.8, 4) is 0 Å². The van der Waals surface area contributed by atoms with Crippen molar-refractivity contribution in [1.29, 1.82) is 0 Å². The number of nitrogens with zero attached hydrogens (tertiary/aromatic N) is 1. The van der Waals surface area contributed by atoms with E-state index < -0.39 is 17.5 Å². The third-order valence-corrected chi connectivity index (χ3v) is 3.42. The quantitative estimate of drug-likeness (QED) is 0.657. The SMILES string of the molecule is COC(=O)[C@]1(C(=O)OCc2ccccc2)CCCN1O. The van der Waals surface area contributed by atoms with Gasteiger partial charge >= 0.3 is 11.9 Å². The summed E-state index contributed by atoms with van der Waals surface area (Å²) in [4.78, 5) is 24.1. The van der Waals surface area contributed by atoms with Crippen molar-refractivity contribution < 1.29 is 24.3 Å². The Balaban J connectivity index is 2.10. The number of hydrogen-bond donors (Lipinski definition) is 1. The highest BCUT2D eigenvalue weighted by atomic mass is 16.6. The lowest BCUT2D eigenvalue weighted by Gasteiger charge is -2.28. The zero-order valence-electron chi connectivity index (χ0n) is 11.2. The third-order valence-electron chi connectivity index (χ3n) is 3.42. The minimum atomic E-state index is -1.73. The molecule has 6 heteroatoms. The van der Waals surface area contributed by atoms with Crippen molar-refractivity contribution in [3.05, 3.63) is 35.9 Å². The molecule has 6 nitrogen and oxygen atoms in total. The van der Waals surface area contributed by atoms with Crippen LogP contribution in [-0.2, 0) is 25.7 Å². The molecule has 0 aliphatic carbocycles. The lowest BCUT2D eigenvalue weighted by molar-refractivity contribution is -0.203. The fraction of sp³-hybridized carbons (Fsp3) is 0.429. The molecule has 1 aromatic rings. The molecule has 0 radical (unpaired) electrons. The van der Waals surface area contributed by atoms with Crippen LogP contribution in [0.4, 0.5) is 0 Å². The Morgan fingerprint density at radius 1 is 1.30 bits per heavy atom. The molecule has 1 aliphatic heterocycles. The van der Waals surface area contributed by atoms with Gasteiger partial charge in [0, 0.05) is 6.54 Å². The van der Waals surface area contributed by atoms with Crippen molar-refractivity contribution in [2.75, 3.05) is 13.7 Å². The highest BCUT2D eigenvalue weighted by Gasteiger charge is 2.56. The van der Waals surface area contributed by atoms with Gasteiger partial charge in [0.1, 0.15) is 6.61 Å². The molecule has 0 saturated carbocycles. The van der Waals surface area contributed by atoms with E-state index in [1.54, 1.807) is 0 Å². The second-order valence-electron chi connectivity index (χ2n) is 4.64. The van der Waals surface area contributed by atoms with Gasteiger partial charge in [-0.15, -0.1) is 0 Å². The van der Waals surface area contributed by atoms with Crippen molar-refractivity contribution in [1.82, 2.24) is 5.06 Å². The molecule has 1 heterocycles. The van der Waals surface area contributed by atoms with Crippen molar-refractivity contribution in [2.45, 2.75) is 25.0 Å². The lowest BCUT2D eigenvalue weighted by Crippen LogP contribution is -2.56. The average Bonchev–Trinajstić information content (AvgIpc) is 2.87. The number of carbonyl (C=O) groups is 2. The number of esters is 2. The van der Waals surface area contributed by atoms with Crippen molar-refractivity contribution in [3.63, 3.8) is 0 Å². The Kier molecular flexibility index (Phi) is 4.36. The second-order valence-corrected chi connectivity index (χ2v) is 4.64. The monoisotopic (exact) mass is 279 g/mol. The zero-order chi connectivity index (χ0) is 14.6. The first-order valence-electron chi connectivity index (χ1n) is 6.37. The van der Waals surface area contributed by atoms with E-state index in [0.29, 0.717) is 11.5 Å². The van der Waals surface area contributed by atoms with E-state index in [1.807, 2.05) is 30.3 Å². The summed E-state index contributed by atoms with van der Waals surface area (Å²) in [6.45, 7) is 0.280. The number of carbonyl (C=O) groups excluding carboxylic acids is 2. The number of methoxy groups -OCH3 is 1. The van der Waals surface area contributed by atoms with Gasteiger partial charge in [0.2, 0.25) is 5.54 Å². The van der Waals surface area contributed by atoms with Crippen LogP contribution in [0.2, 0.25) is 0 Å². The molecule has 1 atom stereocenters. The summed E-state index contributed by atoms with van der Waals surface area (Å²) >= 11 is 0. The lowest BCUT2D eigenvalue weighted by atomic mass is 9.97. The first-order chi connectivity index (χ1) is 9.61. The minimum absolute atomic E-state index is 0.0479. The molecule has 108 valence electrons. The first kappa shape index (κ1) is 14.5. The van der Waals surface area contributed by atoms with E-state index in [-0.39, 0.29) is 19.6 Å². The van der Waals surface area contributed by atoms with Crippen LogP contribution in [0, 0.1) is 0 Å². The van der Waals surface area contributed by atoms with Crippen LogP contribution < -0.4 is 0 Å². The summed E-state index contributed by atoms with van der Waals surface area (Å²) in [6, 6.07) is 9.13. The van der Waals surface area contributed by atoms with Gasteiger partial charge in [-0.1, -0.05) is 30.3 Å². The molecule has 0 amide bonds. The van der Waals surface area contributed by atoms with Crippen molar-refractivity contribution in [2.24, 2.45) is 0 Å². The molecule has 0 bridgehead atoms. The maximum absolute atomic E-state index is 12.2. The predicted octanol–water partition coefficient (Wildman–Crippen LogP) is 1.13. The van der Waals surface area contributed by atoms with E-state index in [4.69, 9.17) is 4.74 Å². The topological polar surface area (TPSA) is 76.1 Å². The number of rotatable bonds is 4. The van der Waals surface area contributed by atoms with Gasteiger partial charge in [-0.05, 0) is 18.4 Å². The first-order valence-corrected chi connectivity index (χ1v) is 6.37. The largest absolute Gasteiger partial charge is 0.467 e. The van der Waals surface area contributed by atoms with E-state index in [2.05, 4.69) is 4.74 Å². The molecule has 20 heavy (non-hydrogen) atoms. The molecule has 1 N–H and O–H groups in total. The fourth-order valence-corrected chi connectivity index (χ4v) is 2.31. The second kappa shape index (κ2) is 6.02. The minimum Gasteiger partial charge on any atom is -0.467 e. The number of hydroxylamine groups is 2. The number of benzene rings is 1. The average molecular weight is 279 g/mol. The van der Waals surface area contributed by atoms with Crippen LogP contribution in [0.3, 0.4) is 0 Å². The normalized spacial score (nSPS) is 22.5. The Bertz CT molecular complexity index is 490. The summed E-state index contributed by atoms with van der Waals surface area (Å²) < 4.78 is 9.81. The van der Waals surface area contributed by atoms with E-state index >= 15 is 0 Å². The Hall–Kier alpha value is -1.92. The maximum Gasteiger partial charge on any atom is 0.340 e. The molecular weight excluding hydrogens is 262 g/mol. The summed E-state index contributed by atoms with van der Waals surface area (Å²) in [7, 11) is 1.18. The third kappa shape index (κ3) is 2.52. The van der Waals surface area contributed by atoms with Crippen LogP contribution in [-0.4, -0.2) is 41.4 Å². The van der Waals surface area contributed by atoms with E-state index in [1.165, 1.54) is 7.11 Å². The van der Waals surface area contributed by atoms with Gasteiger partial charge in [0.15, 0.2) is 0 Å². The maximum atomic E-state index is 12.2. The molecule has 2 rings (SSSR count). The molecule has 0 aromatic heterocycles. The van der Waals surface area contributed by atoms with E-state index in [9.17, 15) is 14.8 Å². The standard InChI is InChI=1S/C14H17NO5/c1-19-12(16)14(8-5-9-15(14)18)13(17)20-10-11-6-3-2-4-7-11/h2-4,6-7,18H,5,8-10H2,1H3/t14-/m0/s1. The zero-order valence-corrected chi connectivity index (χ0v) is 11.2. The number of ether oxygens (including phenoxy) is 2. The van der Waals surface area contributed by atoms with Crippen LogP contribution >= 0.6 is 0 Å². The molecule has 1 saturated heterocycles. The van der Waals surface area contributed by atoms with Crippen LogP contribution in [0.25, 0.3) is 0 Å². The molecule has 0 unspecified atom stereocenters. The highest BCUT2D eigenvalue weighted by molar-refractivity contribution is 6.05. The smallest absolute Gasteiger partial charge is 0.340 e. The molecule has 0 spiro atoms. The van der Waals surface area contributed by atoms with Gasteiger partial charge in [-0.25, -0.2) is 9.59 Å². The molecular formula is C14H17NO5. The Labute approximate surface area is 116 Å². The molecule has 1 fully saturated rings. The van der Waals surface area contributed by atoms with Crippen LogP contribution in [0.1, 0.15) is 18.4 Å². The molecule has 1 aromatic carbocycles. The van der Waals surface area contributed by atoms with Crippen molar-refractivity contribution >= 4 is 11.9 Å². The van der Waals surface area contributed by atoms with E-state index in [0.717, 1.165) is 5.56 Å². The Morgan fingerprint density at radius 2 is 2.00 bits per heavy atom. The summed E-state index contributed by atoms with van der Waals surface area (Å²) in [5, 5.41) is 10.6. The van der Waals surface area contributed by atoms with Gasteiger partial charge in [0.05, 0.1) is 7.11 Å². The summed E-state index contributed by atoms with van der Waals surface area (Å²) in [5.41, 5.74) is -0.924. The Morgan fingerprint density at radius 3 is 2.55 bits per heavy atom. The van der Waals surface area contributed by atoms with Crippen LogP contribution in [0.15, 0.2) is 30.3 Å².